The second kappa shape index (κ2) is 8.56. The van der Waals surface area contributed by atoms with E-state index in [2.05, 4.69) is 36.0 Å². The molecule has 0 saturated heterocycles. The zero-order valence-electron chi connectivity index (χ0n) is 15.4. The van der Waals surface area contributed by atoms with Gasteiger partial charge in [0, 0.05) is 28.7 Å². The van der Waals surface area contributed by atoms with Crippen molar-refractivity contribution in [2.24, 2.45) is 0 Å². The maximum Gasteiger partial charge on any atom is 0.262 e. The van der Waals surface area contributed by atoms with E-state index in [-0.39, 0.29) is 12.5 Å². The predicted molar refractivity (Wildman–Crippen MR) is 111 cm³/mol. The number of amides is 1. The van der Waals surface area contributed by atoms with Gasteiger partial charge in [-0.3, -0.25) is 4.79 Å². The number of nitrogens with one attached hydrogen (secondary N) is 1. The third-order valence-electron chi connectivity index (χ3n) is 4.70. The Labute approximate surface area is 172 Å². The summed E-state index contributed by atoms with van der Waals surface area (Å²) in [4.78, 5) is 12.3. The molecule has 1 aliphatic rings. The number of carbonyl (C=O) groups excluding carboxylic acids is 1. The smallest absolute Gasteiger partial charge is 0.262 e. The maximum atomic E-state index is 12.3. The molecule has 0 atom stereocenters. The molecule has 0 bridgehead atoms. The van der Waals surface area contributed by atoms with Crippen LogP contribution in [0, 0.1) is 0 Å². The standard InChI is InChI=1S/C21H21BrN4O2/c22-16-8-10-18(11-9-16)28-14-20(27)23-17-6-4-5-15(13-17)21-25-24-19-7-2-1-3-12-26(19)21/h4-6,8-11,13H,1-3,7,12,14H2,(H,23,27). The van der Waals surface area contributed by atoms with Crippen molar-refractivity contribution in [3.8, 4) is 17.1 Å². The molecule has 6 nitrogen and oxygen atoms in total. The fourth-order valence-electron chi connectivity index (χ4n) is 3.31. The van der Waals surface area contributed by atoms with Crippen molar-refractivity contribution < 1.29 is 9.53 Å². The van der Waals surface area contributed by atoms with Gasteiger partial charge in [-0.15, -0.1) is 10.2 Å². The van der Waals surface area contributed by atoms with Crippen molar-refractivity contribution in [2.75, 3.05) is 11.9 Å². The van der Waals surface area contributed by atoms with E-state index in [1.807, 2.05) is 48.5 Å². The molecule has 0 spiro atoms. The fourth-order valence-corrected chi connectivity index (χ4v) is 3.58. The molecule has 0 saturated carbocycles. The number of ether oxygens (including phenoxy) is 1. The molecule has 0 aliphatic carbocycles. The molecule has 1 aromatic heterocycles. The van der Waals surface area contributed by atoms with Crippen molar-refractivity contribution in [3.63, 3.8) is 0 Å². The Balaban J connectivity index is 1.43. The van der Waals surface area contributed by atoms with Crippen LogP contribution in [0.4, 0.5) is 5.69 Å². The summed E-state index contributed by atoms with van der Waals surface area (Å²) in [6, 6.07) is 15.1. The van der Waals surface area contributed by atoms with Crippen molar-refractivity contribution in [1.82, 2.24) is 14.8 Å². The van der Waals surface area contributed by atoms with Crippen LogP contribution in [0.25, 0.3) is 11.4 Å². The van der Waals surface area contributed by atoms with Gasteiger partial charge in [-0.1, -0.05) is 34.5 Å². The number of anilines is 1. The van der Waals surface area contributed by atoms with Crippen LogP contribution in [0.3, 0.4) is 0 Å². The third-order valence-corrected chi connectivity index (χ3v) is 5.23. The Kier molecular flexibility index (Phi) is 5.71. The van der Waals surface area contributed by atoms with Gasteiger partial charge in [-0.25, -0.2) is 0 Å². The lowest BCUT2D eigenvalue weighted by atomic mass is 10.2. The molecular formula is C21H21BrN4O2. The third kappa shape index (κ3) is 4.42. The second-order valence-corrected chi connectivity index (χ2v) is 7.69. The van der Waals surface area contributed by atoms with Gasteiger partial charge in [-0.05, 0) is 49.2 Å². The van der Waals surface area contributed by atoms with Crippen LogP contribution >= 0.6 is 15.9 Å². The Morgan fingerprint density at radius 1 is 1.11 bits per heavy atom. The SMILES string of the molecule is O=C(COc1ccc(Br)cc1)Nc1cccc(-c2nnc3n2CCCCC3)c1. The topological polar surface area (TPSA) is 69.0 Å². The van der Waals surface area contributed by atoms with E-state index in [9.17, 15) is 4.79 Å². The lowest BCUT2D eigenvalue weighted by molar-refractivity contribution is -0.118. The average molecular weight is 441 g/mol. The number of nitrogens with zero attached hydrogens (tertiary/aromatic N) is 3. The number of benzene rings is 2. The predicted octanol–water partition coefficient (Wildman–Crippen LogP) is 4.45. The van der Waals surface area contributed by atoms with Gasteiger partial charge in [0.15, 0.2) is 12.4 Å². The zero-order valence-corrected chi connectivity index (χ0v) is 17.0. The number of aromatic nitrogens is 3. The van der Waals surface area contributed by atoms with Gasteiger partial charge in [0.2, 0.25) is 0 Å². The molecule has 0 radical (unpaired) electrons. The summed E-state index contributed by atoms with van der Waals surface area (Å²) in [7, 11) is 0. The number of fused-ring (bicyclic) bond motifs is 1. The van der Waals surface area contributed by atoms with Crippen molar-refractivity contribution >= 4 is 27.5 Å². The molecule has 2 heterocycles. The van der Waals surface area contributed by atoms with E-state index < -0.39 is 0 Å². The van der Waals surface area contributed by atoms with E-state index >= 15 is 0 Å². The summed E-state index contributed by atoms with van der Waals surface area (Å²) >= 11 is 3.37. The normalized spacial score (nSPS) is 13.5. The van der Waals surface area contributed by atoms with E-state index in [1.54, 1.807) is 0 Å². The van der Waals surface area contributed by atoms with E-state index in [0.29, 0.717) is 11.4 Å². The Hall–Kier alpha value is -2.67. The molecule has 144 valence electrons. The molecule has 0 fully saturated rings. The number of rotatable bonds is 5. The molecule has 4 rings (SSSR count). The van der Waals surface area contributed by atoms with Gasteiger partial charge < -0.3 is 14.6 Å². The van der Waals surface area contributed by atoms with Gasteiger partial charge in [-0.2, -0.15) is 0 Å². The van der Waals surface area contributed by atoms with E-state index in [4.69, 9.17) is 4.74 Å². The highest BCUT2D eigenvalue weighted by molar-refractivity contribution is 9.10. The molecule has 1 N–H and O–H groups in total. The lowest BCUT2D eigenvalue weighted by Crippen LogP contribution is -2.20. The van der Waals surface area contributed by atoms with Crippen LogP contribution in [-0.4, -0.2) is 27.3 Å². The minimum atomic E-state index is -0.208. The lowest BCUT2D eigenvalue weighted by Gasteiger charge is -2.10. The summed E-state index contributed by atoms with van der Waals surface area (Å²) < 4.78 is 8.69. The largest absolute Gasteiger partial charge is 0.484 e. The second-order valence-electron chi connectivity index (χ2n) is 6.77. The van der Waals surface area contributed by atoms with Crippen LogP contribution in [0.2, 0.25) is 0 Å². The molecule has 3 aromatic rings. The number of aryl methyl sites for hydroxylation is 1. The first-order chi connectivity index (χ1) is 13.7. The number of carbonyl (C=O) groups is 1. The van der Waals surface area contributed by atoms with Gasteiger partial charge in [0.25, 0.3) is 5.91 Å². The minimum Gasteiger partial charge on any atom is -0.484 e. The summed E-state index contributed by atoms with van der Waals surface area (Å²) in [6.07, 6.45) is 4.49. The van der Waals surface area contributed by atoms with Crippen molar-refractivity contribution in [1.29, 1.82) is 0 Å². The number of hydrogen-bond donors (Lipinski definition) is 1. The average Bonchev–Trinajstić information content (AvgIpc) is 2.96. The van der Waals surface area contributed by atoms with E-state index in [0.717, 1.165) is 47.5 Å². The first-order valence-corrected chi connectivity index (χ1v) is 10.2. The maximum absolute atomic E-state index is 12.3. The van der Waals surface area contributed by atoms with Gasteiger partial charge in [0.1, 0.15) is 11.6 Å². The van der Waals surface area contributed by atoms with Crippen LogP contribution in [0.5, 0.6) is 5.75 Å². The zero-order chi connectivity index (χ0) is 19.3. The first kappa shape index (κ1) is 18.7. The minimum absolute atomic E-state index is 0.0494. The fraction of sp³-hybridized carbons (Fsp3) is 0.286. The quantitative estimate of drug-likeness (QED) is 0.635. The summed E-state index contributed by atoms with van der Waals surface area (Å²) in [5.74, 6) is 2.35. The Morgan fingerprint density at radius 3 is 2.82 bits per heavy atom. The number of halogens is 1. The van der Waals surface area contributed by atoms with Gasteiger partial charge >= 0.3 is 0 Å². The highest BCUT2D eigenvalue weighted by atomic mass is 79.9. The highest BCUT2D eigenvalue weighted by Gasteiger charge is 2.16. The Bertz CT molecular complexity index is 969. The van der Waals surface area contributed by atoms with Crippen LogP contribution in [0.1, 0.15) is 25.1 Å². The molecule has 2 aromatic carbocycles. The van der Waals surface area contributed by atoms with Crippen LogP contribution < -0.4 is 10.1 Å². The molecule has 1 aliphatic heterocycles. The molecular weight excluding hydrogens is 420 g/mol. The van der Waals surface area contributed by atoms with Crippen molar-refractivity contribution in [2.45, 2.75) is 32.2 Å². The molecule has 7 heteroatoms. The molecule has 1 amide bonds. The monoisotopic (exact) mass is 440 g/mol. The van der Waals surface area contributed by atoms with Crippen molar-refractivity contribution in [3.05, 3.63) is 58.8 Å². The summed E-state index contributed by atoms with van der Waals surface area (Å²) in [6.45, 7) is 0.890. The molecule has 28 heavy (non-hydrogen) atoms. The molecule has 0 unspecified atom stereocenters. The highest BCUT2D eigenvalue weighted by Crippen LogP contribution is 2.25. The van der Waals surface area contributed by atoms with E-state index in [1.165, 1.54) is 6.42 Å². The summed E-state index contributed by atoms with van der Waals surface area (Å²) in [5.41, 5.74) is 1.67. The first-order valence-electron chi connectivity index (χ1n) is 9.40. The van der Waals surface area contributed by atoms with Crippen LogP contribution in [0.15, 0.2) is 53.0 Å². The van der Waals surface area contributed by atoms with Crippen LogP contribution in [-0.2, 0) is 17.8 Å². The van der Waals surface area contributed by atoms with Gasteiger partial charge in [0.05, 0.1) is 0 Å². The Morgan fingerprint density at radius 2 is 1.96 bits per heavy atom. The summed E-state index contributed by atoms with van der Waals surface area (Å²) in [5, 5.41) is 11.6. The number of hydrogen-bond acceptors (Lipinski definition) is 4.